The molecule has 0 N–H and O–H groups in total. The Bertz CT molecular complexity index is 612. The zero-order valence-corrected chi connectivity index (χ0v) is 13.0. The highest BCUT2D eigenvalue weighted by molar-refractivity contribution is 6.10. The second-order valence-electron chi connectivity index (χ2n) is 5.30. The second-order valence-corrected chi connectivity index (χ2v) is 5.30. The maximum atomic E-state index is 12.6. The van der Waals surface area contributed by atoms with Gasteiger partial charge in [-0.3, -0.25) is 4.79 Å². The molecule has 0 aliphatic rings. The fraction of sp³-hybridized carbons (Fsp3) is 0.316. The van der Waals surface area contributed by atoms with E-state index in [1.165, 1.54) is 0 Å². The minimum atomic E-state index is 0.0660. The van der Waals surface area contributed by atoms with E-state index in [0.717, 1.165) is 41.9 Å². The first kappa shape index (κ1) is 15.3. The summed E-state index contributed by atoms with van der Waals surface area (Å²) in [7, 11) is 0. The Kier molecular flexibility index (Phi) is 5.15. The van der Waals surface area contributed by atoms with Gasteiger partial charge in [-0.1, -0.05) is 31.5 Å². The van der Waals surface area contributed by atoms with Gasteiger partial charge >= 0.3 is 0 Å². The number of ether oxygens (including phenoxy) is 1. The van der Waals surface area contributed by atoms with Crippen molar-refractivity contribution in [1.29, 1.82) is 0 Å². The van der Waals surface area contributed by atoms with Crippen LogP contribution in [0.15, 0.2) is 42.5 Å². The summed E-state index contributed by atoms with van der Waals surface area (Å²) in [6.45, 7) is 6.87. The molecule has 0 saturated heterocycles. The number of hydrogen-bond donors (Lipinski definition) is 0. The van der Waals surface area contributed by atoms with Gasteiger partial charge in [0, 0.05) is 11.1 Å². The van der Waals surface area contributed by atoms with Crippen LogP contribution in [0.3, 0.4) is 0 Å². The van der Waals surface area contributed by atoms with Crippen molar-refractivity contribution >= 4 is 5.78 Å². The first-order valence-corrected chi connectivity index (χ1v) is 7.47. The molecule has 2 heteroatoms. The largest absolute Gasteiger partial charge is 0.494 e. The van der Waals surface area contributed by atoms with Crippen LogP contribution in [-0.4, -0.2) is 12.4 Å². The van der Waals surface area contributed by atoms with Crippen molar-refractivity contribution in [3.05, 3.63) is 64.7 Å². The summed E-state index contributed by atoms with van der Waals surface area (Å²) in [6, 6.07) is 13.3. The highest BCUT2D eigenvalue weighted by Crippen LogP contribution is 2.19. The van der Waals surface area contributed by atoms with Crippen molar-refractivity contribution in [2.45, 2.75) is 33.6 Å². The van der Waals surface area contributed by atoms with E-state index in [9.17, 15) is 4.79 Å². The Labute approximate surface area is 126 Å². The number of benzene rings is 2. The van der Waals surface area contributed by atoms with Gasteiger partial charge < -0.3 is 4.74 Å². The predicted octanol–water partition coefficient (Wildman–Crippen LogP) is 4.71. The molecule has 0 fully saturated rings. The Morgan fingerprint density at radius 3 is 2.43 bits per heavy atom. The number of aryl methyl sites for hydroxylation is 1. The molecule has 0 unspecified atom stereocenters. The van der Waals surface area contributed by atoms with E-state index in [1.54, 1.807) is 0 Å². The fourth-order valence-electron chi connectivity index (χ4n) is 2.19. The van der Waals surface area contributed by atoms with Crippen LogP contribution in [-0.2, 0) is 0 Å². The topological polar surface area (TPSA) is 26.3 Å². The Morgan fingerprint density at radius 1 is 1.05 bits per heavy atom. The van der Waals surface area contributed by atoms with Crippen LogP contribution >= 0.6 is 0 Å². The molecule has 110 valence electrons. The van der Waals surface area contributed by atoms with E-state index >= 15 is 0 Å². The highest BCUT2D eigenvalue weighted by Gasteiger charge is 2.12. The zero-order valence-electron chi connectivity index (χ0n) is 13.0. The molecule has 2 nitrogen and oxygen atoms in total. The molecule has 0 heterocycles. The van der Waals surface area contributed by atoms with Crippen molar-refractivity contribution in [2.75, 3.05) is 6.61 Å². The summed E-state index contributed by atoms with van der Waals surface area (Å²) in [5.74, 6) is 0.886. The van der Waals surface area contributed by atoms with Crippen LogP contribution in [0.2, 0.25) is 0 Å². The van der Waals surface area contributed by atoms with Gasteiger partial charge in [0.25, 0.3) is 0 Å². The fourth-order valence-corrected chi connectivity index (χ4v) is 2.19. The average Bonchev–Trinajstić information content (AvgIpc) is 2.50. The van der Waals surface area contributed by atoms with Gasteiger partial charge in [-0.15, -0.1) is 0 Å². The van der Waals surface area contributed by atoms with Crippen molar-refractivity contribution in [1.82, 2.24) is 0 Å². The summed E-state index contributed by atoms with van der Waals surface area (Å²) in [5.41, 5.74) is 3.66. The first-order chi connectivity index (χ1) is 10.1. The van der Waals surface area contributed by atoms with Crippen LogP contribution in [0.1, 0.15) is 46.8 Å². The van der Waals surface area contributed by atoms with Crippen LogP contribution in [0.5, 0.6) is 5.75 Å². The van der Waals surface area contributed by atoms with Gasteiger partial charge in [-0.2, -0.15) is 0 Å². The number of carbonyl (C=O) groups is 1. The van der Waals surface area contributed by atoms with E-state index in [0.29, 0.717) is 5.56 Å². The van der Waals surface area contributed by atoms with Gasteiger partial charge in [0.05, 0.1) is 6.61 Å². The van der Waals surface area contributed by atoms with Gasteiger partial charge in [0.1, 0.15) is 5.75 Å². The van der Waals surface area contributed by atoms with Gasteiger partial charge in [0.2, 0.25) is 0 Å². The summed E-state index contributed by atoms with van der Waals surface area (Å²) in [4.78, 5) is 12.6. The molecule has 2 aromatic carbocycles. The molecule has 0 aliphatic heterocycles. The van der Waals surface area contributed by atoms with Crippen molar-refractivity contribution in [3.63, 3.8) is 0 Å². The van der Waals surface area contributed by atoms with E-state index < -0.39 is 0 Å². The molecule has 0 amide bonds. The number of ketones is 1. The number of rotatable bonds is 6. The molecule has 0 aromatic heterocycles. The Hall–Kier alpha value is -2.09. The molecule has 0 radical (unpaired) electrons. The van der Waals surface area contributed by atoms with E-state index in [2.05, 4.69) is 6.92 Å². The van der Waals surface area contributed by atoms with Gasteiger partial charge in [-0.05, 0) is 55.7 Å². The van der Waals surface area contributed by atoms with Crippen molar-refractivity contribution in [3.8, 4) is 5.75 Å². The molecule has 0 saturated carbocycles. The lowest BCUT2D eigenvalue weighted by atomic mass is 9.96. The molecule has 2 rings (SSSR count). The maximum Gasteiger partial charge on any atom is 0.193 e. The monoisotopic (exact) mass is 282 g/mol. The van der Waals surface area contributed by atoms with Crippen LogP contribution in [0.25, 0.3) is 0 Å². The molecule has 0 atom stereocenters. The smallest absolute Gasteiger partial charge is 0.193 e. The number of carbonyl (C=O) groups excluding carboxylic acids is 1. The molecule has 0 spiro atoms. The molecule has 0 bridgehead atoms. The molecular formula is C19H22O2. The first-order valence-electron chi connectivity index (χ1n) is 7.47. The van der Waals surface area contributed by atoms with Crippen LogP contribution < -0.4 is 4.74 Å². The minimum Gasteiger partial charge on any atom is -0.494 e. The SMILES string of the molecule is CCCCOc1ccc(C(=O)c2cccc(C)c2C)cc1. The lowest BCUT2D eigenvalue weighted by molar-refractivity contribution is 0.103. The minimum absolute atomic E-state index is 0.0660. The standard InChI is InChI=1S/C19H22O2/c1-4-5-13-21-17-11-9-16(10-12-17)19(20)18-8-6-7-14(2)15(18)3/h6-12H,4-5,13H2,1-3H3. The van der Waals surface area contributed by atoms with Gasteiger partial charge in [0.15, 0.2) is 5.78 Å². The third-order valence-corrected chi connectivity index (χ3v) is 3.73. The third kappa shape index (κ3) is 3.72. The molecular weight excluding hydrogens is 260 g/mol. The molecule has 21 heavy (non-hydrogen) atoms. The van der Waals surface area contributed by atoms with E-state index in [-0.39, 0.29) is 5.78 Å². The van der Waals surface area contributed by atoms with Crippen LogP contribution in [0.4, 0.5) is 0 Å². The van der Waals surface area contributed by atoms with Crippen molar-refractivity contribution in [2.24, 2.45) is 0 Å². The second kappa shape index (κ2) is 7.07. The van der Waals surface area contributed by atoms with Gasteiger partial charge in [-0.25, -0.2) is 0 Å². The number of hydrogen-bond acceptors (Lipinski definition) is 2. The Balaban J connectivity index is 2.14. The Morgan fingerprint density at radius 2 is 1.76 bits per heavy atom. The predicted molar refractivity (Wildman–Crippen MR) is 86.2 cm³/mol. The number of unbranched alkanes of at least 4 members (excludes halogenated alkanes) is 1. The summed E-state index contributed by atoms with van der Waals surface area (Å²) < 4.78 is 5.62. The quantitative estimate of drug-likeness (QED) is 0.566. The zero-order chi connectivity index (χ0) is 15.2. The maximum absolute atomic E-state index is 12.6. The lowest BCUT2D eigenvalue weighted by Gasteiger charge is -2.09. The van der Waals surface area contributed by atoms with Crippen LogP contribution in [0, 0.1) is 13.8 Å². The van der Waals surface area contributed by atoms with E-state index in [1.807, 2.05) is 56.3 Å². The van der Waals surface area contributed by atoms with E-state index in [4.69, 9.17) is 4.74 Å². The summed E-state index contributed by atoms with van der Waals surface area (Å²) >= 11 is 0. The summed E-state index contributed by atoms with van der Waals surface area (Å²) in [6.07, 6.45) is 2.16. The third-order valence-electron chi connectivity index (χ3n) is 3.73. The molecule has 2 aromatic rings. The average molecular weight is 282 g/mol. The normalized spacial score (nSPS) is 10.4. The molecule has 0 aliphatic carbocycles. The van der Waals surface area contributed by atoms with Crippen molar-refractivity contribution < 1.29 is 9.53 Å². The highest BCUT2D eigenvalue weighted by atomic mass is 16.5. The lowest BCUT2D eigenvalue weighted by Crippen LogP contribution is -2.05. The summed E-state index contributed by atoms with van der Waals surface area (Å²) in [5, 5.41) is 0.